The van der Waals surface area contributed by atoms with Crippen molar-refractivity contribution in [2.75, 3.05) is 18.0 Å². The third kappa shape index (κ3) is 4.52. The Kier molecular flexibility index (Phi) is 5.88. The van der Waals surface area contributed by atoms with Gasteiger partial charge in [-0.05, 0) is 86.9 Å². The van der Waals surface area contributed by atoms with E-state index in [0.717, 1.165) is 41.3 Å². The molecule has 0 unspecified atom stereocenters. The normalized spacial score (nSPS) is 18.3. The molecule has 1 saturated heterocycles. The number of carbonyl (C=O) groups excluding carboxylic acids is 1. The molecule has 2 aromatic rings. The van der Waals surface area contributed by atoms with Gasteiger partial charge in [0.1, 0.15) is 0 Å². The highest BCUT2D eigenvalue weighted by Gasteiger charge is 2.18. The fourth-order valence-corrected chi connectivity index (χ4v) is 3.96. The average molecular weight is 365 g/mol. The number of anilines is 1. The Morgan fingerprint density at radius 2 is 1.74 bits per heavy atom. The Labute approximate surface area is 163 Å². The van der Waals surface area contributed by atoms with Gasteiger partial charge in [-0.2, -0.15) is 0 Å². The number of aryl methyl sites for hydroxylation is 3. The van der Waals surface area contributed by atoms with Crippen molar-refractivity contribution >= 4 is 11.6 Å². The van der Waals surface area contributed by atoms with Gasteiger partial charge in [0.2, 0.25) is 0 Å². The summed E-state index contributed by atoms with van der Waals surface area (Å²) in [7, 11) is 0. The monoisotopic (exact) mass is 364 g/mol. The maximum Gasteiger partial charge on any atom is 0.252 e. The van der Waals surface area contributed by atoms with Gasteiger partial charge < -0.3 is 10.2 Å². The number of nitrogens with one attached hydrogen (secondary N) is 1. The van der Waals surface area contributed by atoms with E-state index in [-0.39, 0.29) is 11.9 Å². The van der Waals surface area contributed by atoms with E-state index in [9.17, 15) is 4.79 Å². The maximum absolute atomic E-state index is 12.7. The minimum atomic E-state index is -0.0205. The minimum absolute atomic E-state index is 0.00275. The molecule has 0 saturated carbocycles. The smallest absolute Gasteiger partial charge is 0.252 e. The van der Waals surface area contributed by atoms with Gasteiger partial charge in [-0.1, -0.05) is 25.1 Å². The molecule has 27 heavy (non-hydrogen) atoms. The second kappa shape index (κ2) is 8.16. The van der Waals surface area contributed by atoms with Gasteiger partial charge in [0.25, 0.3) is 5.91 Å². The zero-order chi connectivity index (χ0) is 19.6. The van der Waals surface area contributed by atoms with Gasteiger partial charge in [-0.15, -0.1) is 0 Å². The molecule has 1 N–H and O–H groups in total. The van der Waals surface area contributed by atoms with Crippen LogP contribution >= 0.6 is 0 Å². The van der Waals surface area contributed by atoms with Crippen LogP contribution < -0.4 is 10.2 Å². The topological polar surface area (TPSA) is 32.3 Å². The van der Waals surface area contributed by atoms with E-state index in [2.05, 4.69) is 61.3 Å². The summed E-state index contributed by atoms with van der Waals surface area (Å²) in [5.41, 5.74) is 6.59. The fraction of sp³-hybridized carbons (Fsp3) is 0.458. The lowest BCUT2D eigenvalue weighted by atomic mass is 9.99. The molecule has 144 valence electrons. The Bertz CT molecular complexity index is 810. The molecule has 2 atom stereocenters. The molecule has 3 rings (SSSR count). The van der Waals surface area contributed by atoms with Crippen LogP contribution in [0.4, 0.5) is 5.69 Å². The molecule has 3 nitrogen and oxygen atoms in total. The summed E-state index contributed by atoms with van der Waals surface area (Å²) in [6.45, 7) is 12.8. The first-order valence-electron chi connectivity index (χ1n) is 10.1. The first kappa shape index (κ1) is 19.5. The summed E-state index contributed by atoms with van der Waals surface area (Å²) >= 11 is 0. The molecule has 0 spiro atoms. The standard InChI is InChI=1S/C24H32N2O/c1-16-7-6-12-26(15-16)22-10-8-21(9-11-22)20(5)25-24(27)23-14-18(3)17(2)13-19(23)4/h8-11,13-14,16,20H,6-7,12,15H2,1-5H3,(H,25,27)/t16-,20+/m1/s1. The van der Waals surface area contributed by atoms with E-state index < -0.39 is 0 Å². The van der Waals surface area contributed by atoms with E-state index in [1.54, 1.807) is 0 Å². The second-order valence-electron chi connectivity index (χ2n) is 8.23. The van der Waals surface area contributed by atoms with E-state index >= 15 is 0 Å². The molecule has 2 aromatic carbocycles. The first-order valence-corrected chi connectivity index (χ1v) is 10.1. The summed E-state index contributed by atoms with van der Waals surface area (Å²) in [4.78, 5) is 15.2. The Morgan fingerprint density at radius 3 is 2.41 bits per heavy atom. The zero-order valence-electron chi connectivity index (χ0n) is 17.3. The lowest BCUT2D eigenvalue weighted by molar-refractivity contribution is 0.0939. The van der Waals surface area contributed by atoms with Crippen molar-refractivity contribution in [3.8, 4) is 0 Å². The van der Waals surface area contributed by atoms with Crippen LogP contribution in [0.5, 0.6) is 0 Å². The number of nitrogens with zero attached hydrogens (tertiary/aromatic N) is 1. The molecular formula is C24H32N2O. The van der Waals surface area contributed by atoms with Crippen LogP contribution in [0.1, 0.15) is 65.3 Å². The van der Waals surface area contributed by atoms with Crippen molar-refractivity contribution in [1.29, 1.82) is 0 Å². The van der Waals surface area contributed by atoms with E-state index in [1.165, 1.54) is 24.1 Å². The highest BCUT2D eigenvalue weighted by atomic mass is 16.1. The van der Waals surface area contributed by atoms with Crippen LogP contribution in [0.25, 0.3) is 0 Å². The predicted molar refractivity (Wildman–Crippen MR) is 114 cm³/mol. The lowest BCUT2D eigenvalue weighted by Crippen LogP contribution is -2.34. The van der Waals surface area contributed by atoms with Gasteiger partial charge in [0, 0.05) is 24.3 Å². The van der Waals surface area contributed by atoms with Gasteiger partial charge >= 0.3 is 0 Å². The van der Waals surface area contributed by atoms with Crippen molar-refractivity contribution < 1.29 is 4.79 Å². The maximum atomic E-state index is 12.7. The van der Waals surface area contributed by atoms with Crippen molar-refractivity contribution in [3.63, 3.8) is 0 Å². The number of hydrogen-bond donors (Lipinski definition) is 1. The molecule has 0 aliphatic carbocycles. The molecule has 1 aliphatic rings. The van der Waals surface area contributed by atoms with Crippen molar-refractivity contribution in [1.82, 2.24) is 5.32 Å². The number of piperidine rings is 1. The Morgan fingerprint density at radius 1 is 1.07 bits per heavy atom. The van der Waals surface area contributed by atoms with Crippen LogP contribution in [0.15, 0.2) is 36.4 Å². The van der Waals surface area contributed by atoms with Crippen molar-refractivity contribution in [2.45, 2.75) is 53.5 Å². The molecule has 0 aromatic heterocycles. The highest BCUT2D eigenvalue weighted by molar-refractivity contribution is 5.96. The van der Waals surface area contributed by atoms with Crippen LogP contribution in [-0.2, 0) is 0 Å². The molecule has 1 amide bonds. The number of hydrogen-bond acceptors (Lipinski definition) is 2. The molecular weight excluding hydrogens is 332 g/mol. The lowest BCUT2D eigenvalue weighted by Gasteiger charge is -2.33. The molecule has 0 bridgehead atoms. The molecule has 1 aliphatic heterocycles. The summed E-state index contributed by atoms with van der Waals surface area (Å²) < 4.78 is 0. The Balaban J connectivity index is 1.68. The summed E-state index contributed by atoms with van der Waals surface area (Å²) in [5, 5.41) is 3.15. The molecule has 1 fully saturated rings. The summed E-state index contributed by atoms with van der Waals surface area (Å²) in [6.07, 6.45) is 2.60. The second-order valence-corrected chi connectivity index (χ2v) is 8.23. The first-order chi connectivity index (χ1) is 12.8. The fourth-order valence-electron chi connectivity index (χ4n) is 3.96. The van der Waals surface area contributed by atoms with Crippen LogP contribution in [0.3, 0.4) is 0 Å². The third-order valence-corrected chi connectivity index (χ3v) is 5.85. The number of amides is 1. The number of carbonyl (C=O) groups is 1. The van der Waals surface area contributed by atoms with E-state index in [1.807, 2.05) is 19.9 Å². The van der Waals surface area contributed by atoms with E-state index in [4.69, 9.17) is 0 Å². The summed E-state index contributed by atoms with van der Waals surface area (Å²) in [5.74, 6) is 0.759. The number of benzene rings is 2. The van der Waals surface area contributed by atoms with Gasteiger partial charge in [0.15, 0.2) is 0 Å². The van der Waals surface area contributed by atoms with E-state index in [0.29, 0.717) is 0 Å². The predicted octanol–water partition coefficient (Wildman–Crippen LogP) is 5.34. The third-order valence-electron chi connectivity index (χ3n) is 5.85. The SMILES string of the molecule is Cc1cc(C)c(C(=O)N[C@@H](C)c2ccc(N3CCC[C@@H](C)C3)cc2)cc1C. The van der Waals surface area contributed by atoms with Crippen LogP contribution in [-0.4, -0.2) is 19.0 Å². The minimum Gasteiger partial charge on any atom is -0.371 e. The molecule has 0 radical (unpaired) electrons. The van der Waals surface area contributed by atoms with Crippen molar-refractivity contribution in [3.05, 3.63) is 64.2 Å². The largest absolute Gasteiger partial charge is 0.371 e. The summed E-state index contributed by atoms with van der Waals surface area (Å²) in [6, 6.07) is 12.7. The van der Waals surface area contributed by atoms with Gasteiger partial charge in [-0.25, -0.2) is 0 Å². The Hall–Kier alpha value is -2.29. The van der Waals surface area contributed by atoms with Gasteiger partial charge in [-0.3, -0.25) is 4.79 Å². The molecule has 3 heteroatoms. The average Bonchev–Trinajstić information content (AvgIpc) is 2.64. The number of rotatable bonds is 4. The zero-order valence-corrected chi connectivity index (χ0v) is 17.3. The molecule has 1 heterocycles. The van der Waals surface area contributed by atoms with Gasteiger partial charge in [0.05, 0.1) is 6.04 Å². The van der Waals surface area contributed by atoms with Crippen LogP contribution in [0.2, 0.25) is 0 Å². The highest BCUT2D eigenvalue weighted by Crippen LogP contribution is 2.25. The quantitative estimate of drug-likeness (QED) is 0.794. The van der Waals surface area contributed by atoms with Crippen molar-refractivity contribution in [2.24, 2.45) is 5.92 Å². The van der Waals surface area contributed by atoms with Crippen LogP contribution in [0, 0.1) is 26.7 Å².